The van der Waals surface area contributed by atoms with Crippen molar-refractivity contribution in [2.24, 2.45) is 0 Å². The molecule has 0 saturated carbocycles. The van der Waals surface area contributed by atoms with Gasteiger partial charge in [-0.3, -0.25) is 0 Å². The normalized spacial score (nSPS) is 15.1. The van der Waals surface area contributed by atoms with Gasteiger partial charge < -0.3 is 24.5 Å². The van der Waals surface area contributed by atoms with Crippen LogP contribution in [0.15, 0.2) is 66.7 Å². The number of rotatable bonds is 7. The molecule has 0 unspecified atom stereocenters. The van der Waals surface area contributed by atoms with Crippen LogP contribution in [0.25, 0.3) is 10.9 Å². The predicted molar refractivity (Wildman–Crippen MR) is 130 cm³/mol. The molecule has 6 heteroatoms. The summed E-state index contributed by atoms with van der Waals surface area (Å²) in [6.07, 6.45) is 1.05. The quantitative estimate of drug-likeness (QED) is 0.409. The highest BCUT2D eigenvalue weighted by Gasteiger charge is 2.29. The maximum absolute atomic E-state index is 12.3. The predicted octanol–water partition coefficient (Wildman–Crippen LogP) is 4.14. The molecule has 4 aromatic rings. The zero-order chi connectivity index (χ0) is 23.5. The SMILES string of the molecule is CCOC(=O)c1ccccc1OCc1cc([C@H]2[NH2+]CCc3c2[nH]c2ccccc32)ccc1OC. The molecule has 0 amide bonds. The minimum atomic E-state index is -0.387. The number of nitrogens with two attached hydrogens (primary N) is 1. The smallest absolute Gasteiger partial charge is 0.341 e. The Labute approximate surface area is 198 Å². The van der Waals surface area contributed by atoms with Gasteiger partial charge in [-0.1, -0.05) is 30.3 Å². The number of fused-ring (bicyclic) bond motifs is 3. The van der Waals surface area contributed by atoms with Gasteiger partial charge in [0.25, 0.3) is 0 Å². The first-order valence-corrected chi connectivity index (χ1v) is 11.7. The third-order valence-corrected chi connectivity index (χ3v) is 6.38. The molecule has 0 fully saturated rings. The molecule has 3 N–H and O–H groups in total. The molecule has 6 nitrogen and oxygen atoms in total. The molecular formula is C28H29N2O4+. The van der Waals surface area contributed by atoms with Crippen molar-refractivity contribution in [1.29, 1.82) is 0 Å². The second-order valence-electron chi connectivity index (χ2n) is 8.39. The second kappa shape index (κ2) is 9.61. The fourth-order valence-electron chi connectivity index (χ4n) is 4.80. The number of ether oxygens (including phenoxy) is 3. The van der Waals surface area contributed by atoms with Gasteiger partial charge in [0.1, 0.15) is 23.7 Å². The molecule has 3 aromatic carbocycles. The van der Waals surface area contributed by atoms with Crippen LogP contribution in [-0.4, -0.2) is 31.2 Å². The van der Waals surface area contributed by atoms with E-state index in [-0.39, 0.29) is 18.6 Å². The van der Waals surface area contributed by atoms with Crippen LogP contribution in [0.2, 0.25) is 0 Å². The van der Waals surface area contributed by atoms with Crippen LogP contribution in [0, 0.1) is 0 Å². The van der Waals surface area contributed by atoms with E-state index >= 15 is 0 Å². The maximum atomic E-state index is 12.3. The molecule has 2 heterocycles. The molecule has 0 aliphatic carbocycles. The Bertz CT molecular complexity index is 1330. The second-order valence-corrected chi connectivity index (χ2v) is 8.39. The first-order valence-electron chi connectivity index (χ1n) is 11.7. The van der Waals surface area contributed by atoms with E-state index in [9.17, 15) is 4.79 Å². The summed E-state index contributed by atoms with van der Waals surface area (Å²) < 4.78 is 16.9. The van der Waals surface area contributed by atoms with Gasteiger partial charge >= 0.3 is 5.97 Å². The van der Waals surface area contributed by atoms with E-state index in [0.29, 0.717) is 17.9 Å². The molecule has 0 bridgehead atoms. The van der Waals surface area contributed by atoms with E-state index in [4.69, 9.17) is 14.2 Å². The molecular weight excluding hydrogens is 428 g/mol. The van der Waals surface area contributed by atoms with Gasteiger partial charge in [0.2, 0.25) is 0 Å². The average molecular weight is 458 g/mol. The van der Waals surface area contributed by atoms with Gasteiger partial charge in [-0.2, -0.15) is 0 Å². The number of carbonyl (C=O) groups is 1. The van der Waals surface area contributed by atoms with E-state index in [0.717, 1.165) is 24.3 Å². The van der Waals surface area contributed by atoms with Crippen molar-refractivity contribution in [1.82, 2.24) is 4.98 Å². The summed E-state index contributed by atoms with van der Waals surface area (Å²) in [6.45, 7) is 3.42. The Morgan fingerprint density at radius 2 is 1.88 bits per heavy atom. The summed E-state index contributed by atoms with van der Waals surface area (Å²) in [5.74, 6) is 0.863. The van der Waals surface area contributed by atoms with Crippen LogP contribution in [-0.2, 0) is 17.8 Å². The molecule has 1 aliphatic rings. The van der Waals surface area contributed by atoms with Crippen molar-refractivity contribution in [3.8, 4) is 11.5 Å². The van der Waals surface area contributed by atoms with Crippen molar-refractivity contribution in [3.63, 3.8) is 0 Å². The van der Waals surface area contributed by atoms with Crippen LogP contribution in [0.4, 0.5) is 0 Å². The molecule has 0 saturated heterocycles. The zero-order valence-electron chi connectivity index (χ0n) is 19.5. The number of quaternary nitrogens is 1. The van der Waals surface area contributed by atoms with Gasteiger partial charge in [-0.15, -0.1) is 0 Å². The lowest BCUT2D eigenvalue weighted by Gasteiger charge is -2.22. The van der Waals surface area contributed by atoms with E-state index in [1.165, 1.54) is 27.7 Å². The number of nitrogens with one attached hydrogen (secondary N) is 1. The molecule has 174 valence electrons. The van der Waals surface area contributed by atoms with E-state index in [1.807, 2.05) is 12.1 Å². The first kappa shape index (κ1) is 22.0. The van der Waals surface area contributed by atoms with Gasteiger partial charge in [0, 0.05) is 28.5 Å². The van der Waals surface area contributed by atoms with Gasteiger partial charge in [0.05, 0.1) is 26.0 Å². The number of carbonyl (C=O) groups excluding carboxylic acids is 1. The molecule has 5 rings (SSSR count). The molecule has 0 spiro atoms. The third kappa shape index (κ3) is 4.13. The summed E-state index contributed by atoms with van der Waals surface area (Å²) in [4.78, 5) is 16.0. The van der Waals surface area contributed by atoms with E-state index < -0.39 is 0 Å². The lowest BCUT2D eigenvalue weighted by molar-refractivity contribution is -0.690. The fourth-order valence-corrected chi connectivity index (χ4v) is 4.80. The van der Waals surface area contributed by atoms with E-state index in [2.05, 4.69) is 46.7 Å². The number of para-hydroxylation sites is 2. The number of benzene rings is 3. The summed E-state index contributed by atoms with van der Waals surface area (Å²) in [7, 11) is 1.66. The number of aromatic amines is 1. The van der Waals surface area contributed by atoms with Crippen molar-refractivity contribution < 1.29 is 24.3 Å². The van der Waals surface area contributed by atoms with Gasteiger partial charge in [-0.05, 0) is 48.9 Å². The number of aromatic nitrogens is 1. The third-order valence-electron chi connectivity index (χ3n) is 6.38. The van der Waals surface area contributed by atoms with Crippen LogP contribution in [0.1, 0.15) is 45.7 Å². The number of hydrogen-bond acceptors (Lipinski definition) is 4. The largest absolute Gasteiger partial charge is 0.496 e. The molecule has 1 aromatic heterocycles. The van der Waals surface area contributed by atoms with Gasteiger partial charge in [-0.25, -0.2) is 4.79 Å². The Kier molecular flexibility index (Phi) is 6.23. The minimum absolute atomic E-state index is 0.174. The summed E-state index contributed by atoms with van der Waals surface area (Å²) in [5.41, 5.74) is 6.38. The molecule has 0 radical (unpaired) electrons. The summed E-state index contributed by atoms with van der Waals surface area (Å²) in [5, 5.41) is 3.68. The summed E-state index contributed by atoms with van der Waals surface area (Å²) in [6, 6.07) is 22.1. The minimum Gasteiger partial charge on any atom is -0.496 e. The highest BCUT2D eigenvalue weighted by atomic mass is 16.5. The Morgan fingerprint density at radius 1 is 1.06 bits per heavy atom. The number of esters is 1. The number of hydrogen-bond donors (Lipinski definition) is 2. The highest BCUT2D eigenvalue weighted by molar-refractivity contribution is 5.92. The monoisotopic (exact) mass is 457 g/mol. The fraction of sp³-hybridized carbons (Fsp3) is 0.250. The van der Waals surface area contributed by atoms with Crippen LogP contribution in [0.3, 0.4) is 0 Å². The zero-order valence-corrected chi connectivity index (χ0v) is 19.5. The van der Waals surface area contributed by atoms with Crippen molar-refractivity contribution in [2.45, 2.75) is 26.0 Å². The molecule has 1 aliphatic heterocycles. The molecule has 1 atom stereocenters. The number of H-pyrrole nitrogens is 1. The topological polar surface area (TPSA) is 77.2 Å². The summed E-state index contributed by atoms with van der Waals surface area (Å²) >= 11 is 0. The Hall–Kier alpha value is -3.77. The number of methoxy groups -OCH3 is 1. The molecule has 34 heavy (non-hydrogen) atoms. The lowest BCUT2D eigenvalue weighted by Crippen LogP contribution is -2.87. The van der Waals surface area contributed by atoms with Gasteiger partial charge in [0.15, 0.2) is 6.04 Å². The Morgan fingerprint density at radius 3 is 2.74 bits per heavy atom. The van der Waals surface area contributed by atoms with E-state index in [1.54, 1.807) is 32.2 Å². The average Bonchev–Trinajstić information content (AvgIpc) is 3.26. The first-order chi connectivity index (χ1) is 16.7. The Balaban J connectivity index is 1.45. The standard InChI is InChI=1S/C28H28N2O4/c1-3-33-28(31)22-9-5-7-11-25(22)34-17-19-16-18(12-13-24(19)32-2)26-27-21(14-15-29-26)20-8-4-6-10-23(20)30-27/h4-13,16,26,29-30H,3,14-15,17H2,1-2H3/p+1/t26-/m1/s1. The highest BCUT2D eigenvalue weighted by Crippen LogP contribution is 2.33. The van der Waals surface area contributed by atoms with Crippen LogP contribution >= 0.6 is 0 Å². The van der Waals surface area contributed by atoms with Crippen molar-refractivity contribution in [2.75, 3.05) is 20.3 Å². The van der Waals surface area contributed by atoms with Crippen LogP contribution < -0.4 is 14.8 Å². The van der Waals surface area contributed by atoms with Crippen LogP contribution in [0.5, 0.6) is 11.5 Å². The maximum Gasteiger partial charge on any atom is 0.341 e. The van der Waals surface area contributed by atoms with Crippen molar-refractivity contribution in [3.05, 3.63) is 94.7 Å². The lowest BCUT2D eigenvalue weighted by atomic mass is 9.93. The van der Waals surface area contributed by atoms with Crippen molar-refractivity contribution >= 4 is 16.9 Å².